The predicted octanol–water partition coefficient (Wildman–Crippen LogP) is 3.58. The number of nitrogens with one attached hydrogen (secondary N) is 2. The molecular formula is C25H29N3O6. The second-order valence-corrected chi connectivity index (χ2v) is 8.60. The Morgan fingerprint density at radius 2 is 1.79 bits per heavy atom. The third kappa shape index (κ3) is 5.31. The van der Waals surface area contributed by atoms with Gasteiger partial charge in [0.1, 0.15) is 18.5 Å². The number of anilines is 2. The fourth-order valence-electron chi connectivity index (χ4n) is 4.30. The highest BCUT2D eigenvalue weighted by Gasteiger charge is 2.39. The lowest BCUT2D eigenvalue weighted by molar-refractivity contribution is -0.151. The molecule has 9 nitrogen and oxygen atoms in total. The number of esters is 1. The van der Waals surface area contributed by atoms with Crippen molar-refractivity contribution in [3.63, 3.8) is 0 Å². The zero-order valence-electron chi connectivity index (χ0n) is 19.5. The summed E-state index contributed by atoms with van der Waals surface area (Å²) in [4.78, 5) is 39.0. The van der Waals surface area contributed by atoms with E-state index in [2.05, 4.69) is 10.6 Å². The van der Waals surface area contributed by atoms with Crippen LogP contribution < -0.4 is 15.4 Å². The van der Waals surface area contributed by atoms with Gasteiger partial charge in [-0.2, -0.15) is 0 Å². The number of carbonyl (C=O) groups excluding carboxylic acids is 3. The third-order valence-corrected chi connectivity index (χ3v) is 6.20. The SMILES string of the molecule is COC(=O)C[C@@H]1CC[C@H]2[C@H](COc3ccc(NC(=O)Nc4ccc(C)cc4)cc3C(=O)N2C)O1. The number of ether oxygens (including phenoxy) is 3. The zero-order valence-corrected chi connectivity index (χ0v) is 19.5. The van der Waals surface area contributed by atoms with Gasteiger partial charge < -0.3 is 29.7 Å². The molecule has 3 amide bonds. The summed E-state index contributed by atoms with van der Waals surface area (Å²) in [5, 5.41) is 5.54. The minimum atomic E-state index is -0.409. The van der Waals surface area contributed by atoms with Gasteiger partial charge in [0, 0.05) is 18.4 Å². The molecule has 2 aromatic rings. The van der Waals surface area contributed by atoms with E-state index < -0.39 is 6.03 Å². The van der Waals surface area contributed by atoms with Gasteiger partial charge in [0.05, 0.1) is 31.2 Å². The maximum Gasteiger partial charge on any atom is 0.323 e. The molecule has 3 atom stereocenters. The number of rotatable bonds is 4. The summed E-state index contributed by atoms with van der Waals surface area (Å²) in [6, 6.07) is 11.8. The normalized spacial score (nSPS) is 21.8. The Labute approximate surface area is 198 Å². The smallest absolute Gasteiger partial charge is 0.323 e. The molecule has 34 heavy (non-hydrogen) atoms. The van der Waals surface area contributed by atoms with Crippen molar-refractivity contribution in [2.45, 2.75) is 44.4 Å². The number of hydrogen-bond acceptors (Lipinski definition) is 6. The summed E-state index contributed by atoms with van der Waals surface area (Å²) < 4.78 is 16.8. The van der Waals surface area contributed by atoms with E-state index in [0.717, 1.165) is 5.56 Å². The van der Waals surface area contributed by atoms with Gasteiger partial charge in [-0.3, -0.25) is 9.59 Å². The monoisotopic (exact) mass is 467 g/mol. The van der Waals surface area contributed by atoms with Crippen LogP contribution in [0.4, 0.5) is 16.2 Å². The van der Waals surface area contributed by atoms with Gasteiger partial charge in [0.15, 0.2) is 0 Å². The predicted molar refractivity (Wildman–Crippen MR) is 126 cm³/mol. The molecule has 2 aliphatic rings. The molecule has 0 spiro atoms. The highest BCUT2D eigenvalue weighted by atomic mass is 16.5. The molecule has 0 unspecified atom stereocenters. The molecule has 1 fully saturated rings. The van der Waals surface area contributed by atoms with Gasteiger partial charge in [0.2, 0.25) is 0 Å². The lowest BCUT2D eigenvalue weighted by Crippen LogP contribution is -2.53. The Morgan fingerprint density at radius 3 is 2.53 bits per heavy atom. The Balaban J connectivity index is 1.46. The van der Waals surface area contributed by atoms with Crippen LogP contribution in [-0.4, -0.2) is 61.8 Å². The molecule has 180 valence electrons. The van der Waals surface area contributed by atoms with E-state index >= 15 is 0 Å². The van der Waals surface area contributed by atoms with E-state index in [9.17, 15) is 14.4 Å². The number of nitrogens with zero attached hydrogens (tertiary/aromatic N) is 1. The lowest BCUT2D eigenvalue weighted by atomic mass is 9.94. The Morgan fingerprint density at radius 1 is 1.09 bits per heavy atom. The minimum absolute atomic E-state index is 0.174. The summed E-state index contributed by atoms with van der Waals surface area (Å²) >= 11 is 0. The quantitative estimate of drug-likeness (QED) is 0.666. The number of methoxy groups -OCH3 is 1. The van der Waals surface area contributed by atoms with Gasteiger partial charge >= 0.3 is 12.0 Å². The van der Waals surface area contributed by atoms with Crippen LogP contribution in [0, 0.1) is 6.92 Å². The van der Waals surface area contributed by atoms with Crippen LogP contribution >= 0.6 is 0 Å². The number of benzene rings is 2. The number of carbonyl (C=O) groups is 3. The second-order valence-electron chi connectivity index (χ2n) is 8.60. The van der Waals surface area contributed by atoms with Crippen molar-refractivity contribution in [2.24, 2.45) is 0 Å². The zero-order chi connectivity index (χ0) is 24.2. The molecule has 0 radical (unpaired) electrons. The molecule has 2 heterocycles. The molecule has 2 N–H and O–H groups in total. The lowest BCUT2D eigenvalue weighted by Gasteiger charge is -2.42. The van der Waals surface area contributed by atoms with Gasteiger partial charge in [-0.15, -0.1) is 0 Å². The maximum atomic E-state index is 13.3. The fraction of sp³-hybridized carbons (Fsp3) is 0.400. The number of urea groups is 1. The van der Waals surface area contributed by atoms with E-state index in [1.165, 1.54) is 7.11 Å². The topological polar surface area (TPSA) is 106 Å². The van der Waals surface area contributed by atoms with E-state index in [0.29, 0.717) is 35.5 Å². The summed E-state index contributed by atoms with van der Waals surface area (Å²) in [7, 11) is 3.09. The molecular weight excluding hydrogens is 438 g/mol. The largest absolute Gasteiger partial charge is 0.490 e. The van der Waals surface area contributed by atoms with Crippen molar-refractivity contribution >= 4 is 29.3 Å². The summed E-state index contributed by atoms with van der Waals surface area (Å²) in [6.07, 6.45) is 0.876. The average molecular weight is 468 g/mol. The Hall–Kier alpha value is -3.59. The minimum Gasteiger partial charge on any atom is -0.490 e. The van der Waals surface area contributed by atoms with Crippen molar-refractivity contribution < 1.29 is 28.6 Å². The number of likely N-dealkylation sites (N-methyl/N-ethyl adjacent to an activating group) is 1. The molecule has 1 saturated heterocycles. The number of amides is 3. The van der Waals surface area contributed by atoms with Crippen LogP contribution in [0.2, 0.25) is 0 Å². The van der Waals surface area contributed by atoms with E-state index in [1.807, 2.05) is 31.2 Å². The maximum absolute atomic E-state index is 13.3. The molecule has 0 saturated carbocycles. The van der Waals surface area contributed by atoms with Gasteiger partial charge in [-0.25, -0.2) is 4.79 Å². The summed E-state index contributed by atoms with van der Waals surface area (Å²) in [6.45, 7) is 2.22. The van der Waals surface area contributed by atoms with Crippen molar-refractivity contribution in [3.8, 4) is 5.75 Å². The van der Waals surface area contributed by atoms with E-state index in [4.69, 9.17) is 14.2 Å². The van der Waals surface area contributed by atoms with Crippen LogP contribution in [0.15, 0.2) is 42.5 Å². The van der Waals surface area contributed by atoms with Gasteiger partial charge in [-0.05, 0) is 50.1 Å². The molecule has 9 heteroatoms. The molecule has 0 bridgehead atoms. The van der Waals surface area contributed by atoms with Crippen LogP contribution in [0.3, 0.4) is 0 Å². The van der Waals surface area contributed by atoms with Gasteiger partial charge in [-0.1, -0.05) is 17.7 Å². The first-order valence-corrected chi connectivity index (χ1v) is 11.2. The summed E-state index contributed by atoms with van der Waals surface area (Å²) in [5.41, 5.74) is 2.61. The molecule has 2 aliphatic heterocycles. The standard InChI is InChI=1S/C25H29N3O6/c1-15-4-6-16(7-5-15)26-25(31)27-17-8-11-21-19(12-17)24(30)28(2)20-10-9-18(13-23(29)32-3)34-22(20)14-33-21/h4-8,11-12,18,20,22H,9-10,13-14H2,1-3H3,(H2,26,27,31)/t18-,20-,22-/m0/s1. The first kappa shape index (κ1) is 23.6. The number of fused-ring (bicyclic) bond motifs is 2. The second kappa shape index (κ2) is 10.1. The van der Waals surface area contributed by atoms with Crippen molar-refractivity contribution in [3.05, 3.63) is 53.6 Å². The van der Waals surface area contributed by atoms with Crippen molar-refractivity contribution in [1.82, 2.24) is 4.90 Å². The van der Waals surface area contributed by atoms with Crippen LogP contribution in [-0.2, 0) is 14.3 Å². The van der Waals surface area contributed by atoms with E-state index in [1.54, 1.807) is 30.1 Å². The number of aryl methyl sites for hydroxylation is 1. The van der Waals surface area contributed by atoms with Crippen LogP contribution in [0.5, 0.6) is 5.75 Å². The molecule has 0 aliphatic carbocycles. The van der Waals surface area contributed by atoms with E-state index in [-0.39, 0.29) is 43.2 Å². The van der Waals surface area contributed by atoms with Crippen LogP contribution in [0.1, 0.15) is 35.2 Å². The first-order valence-electron chi connectivity index (χ1n) is 11.2. The van der Waals surface area contributed by atoms with Crippen molar-refractivity contribution in [2.75, 3.05) is 31.4 Å². The molecule has 2 aromatic carbocycles. The van der Waals surface area contributed by atoms with Crippen molar-refractivity contribution in [1.29, 1.82) is 0 Å². The molecule has 4 rings (SSSR count). The third-order valence-electron chi connectivity index (χ3n) is 6.20. The molecule has 0 aromatic heterocycles. The fourth-order valence-corrected chi connectivity index (χ4v) is 4.30. The summed E-state index contributed by atoms with van der Waals surface area (Å²) in [5.74, 6) is -0.128. The Kier molecular flexibility index (Phi) is 7.02. The number of hydrogen-bond donors (Lipinski definition) is 2. The highest BCUT2D eigenvalue weighted by molar-refractivity contribution is 6.02. The average Bonchev–Trinajstić information content (AvgIpc) is 2.83. The Bertz CT molecular complexity index is 1070. The van der Waals surface area contributed by atoms with Gasteiger partial charge in [0.25, 0.3) is 5.91 Å². The van der Waals surface area contributed by atoms with Crippen LogP contribution in [0.25, 0.3) is 0 Å². The first-order chi connectivity index (χ1) is 16.3. The highest BCUT2D eigenvalue weighted by Crippen LogP contribution is 2.32.